The van der Waals surface area contributed by atoms with Crippen molar-refractivity contribution < 1.29 is 38.2 Å². The number of benzene rings is 2. The Kier molecular flexibility index (Phi) is 9.93. The van der Waals surface area contributed by atoms with Crippen molar-refractivity contribution in [2.45, 2.75) is 64.6 Å². The van der Waals surface area contributed by atoms with Crippen LogP contribution in [0.4, 0.5) is 19.6 Å². The van der Waals surface area contributed by atoms with Gasteiger partial charge in [-0.25, -0.2) is 28.7 Å². The molecule has 330 valence electrons. The lowest BCUT2D eigenvalue weighted by atomic mass is 9.81. The van der Waals surface area contributed by atoms with Crippen LogP contribution in [0, 0.1) is 35.5 Å². The number of hydrogen-bond acceptors (Lipinski definition) is 12. The molecule has 6 aliphatic rings. The van der Waals surface area contributed by atoms with Gasteiger partial charge in [-0.1, -0.05) is 111 Å². The standard InChI is InChI=1S/C52H42N4O8S2/c57-45-31-15-7-8-16-32(31)46(58)43(45)53-41-23-39-49(65-41)35-19-30-22-38-36(20-29(30)21-37(35)55(39)51(61)63-25-27-11-3-1-4-12-27)50-40(56(38)52(62)64-26-28-13-5-2-6-14-28)24-42(66-50)54-44-47(59)33-17-9-10-18-34(33)48(44)60/h1-6,11-14,19-24,29-34H,7-10,15-18,25-26H2. The fourth-order valence-corrected chi connectivity index (χ4v) is 13.2. The number of thiophene rings is 2. The topological polar surface area (TPSA) is 155 Å². The highest BCUT2D eigenvalue weighted by Gasteiger charge is 2.49. The third-order valence-electron chi connectivity index (χ3n) is 14.3. The van der Waals surface area contributed by atoms with E-state index in [0.717, 1.165) is 56.6 Å². The van der Waals surface area contributed by atoms with E-state index in [0.29, 0.717) is 57.4 Å². The van der Waals surface area contributed by atoms with E-state index < -0.39 is 12.2 Å². The van der Waals surface area contributed by atoms with Crippen molar-refractivity contribution in [1.29, 1.82) is 0 Å². The van der Waals surface area contributed by atoms with Gasteiger partial charge in [0, 0.05) is 45.9 Å². The molecule has 4 saturated carbocycles. The molecule has 4 heterocycles. The number of aromatic nitrogens is 2. The van der Waals surface area contributed by atoms with Crippen molar-refractivity contribution in [3.8, 4) is 0 Å². The van der Waals surface area contributed by atoms with Gasteiger partial charge >= 0.3 is 12.2 Å². The third-order valence-corrected chi connectivity index (χ3v) is 16.4. The van der Waals surface area contributed by atoms with Crippen LogP contribution in [0.1, 0.15) is 62.5 Å². The van der Waals surface area contributed by atoms with Crippen molar-refractivity contribution in [1.82, 2.24) is 9.13 Å². The van der Waals surface area contributed by atoms with Gasteiger partial charge in [-0.15, -0.1) is 22.7 Å². The minimum absolute atomic E-state index is 0.00453. The van der Waals surface area contributed by atoms with E-state index in [1.807, 2.05) is 72.8 Å². The molecule has 66 heavy (non-hydrogen) atoms. The van der Waals surface area contributed by atoms with Crippen LogP contribution in [0.2, 0.25) is 0 Å². The molecular weight excluding hydrogens is 873 g/mol. The molecule has 2 aromatic carbocycles. The van der Waals surface area contributed by atoms with E-state index in [1.54, 1.807) is 21.3 Å². The van der Waals surface area contributed by atoms with E-state index in [9.17, 15) is 28.8 Å². The van der Waals surface area contributed by atoms with Gasteiger partial charge in [-0.05, 0) is 48.9 Å². The van der Waals surface area contributed by atoms with Crippen LogP contribution in [0.15, 0.2) is 82.8 Å². The second-order valence-corrected chi connectivity index (χ2v) is 20.2. The first-order chi connectivity index (χ1) is 32.2. The zero-order valence-corrected chi connectivity index (χ0v) is 37.3. The molecule has 0 N–H and O–H groups in total. The van der Waals surface area contributed by atoms with Crippen LogP contribution in [0.5, 0.6) is 0 Å². The lowest BCUT2D eigenvalue weighted by Gasteiger charge is -2.21. The molecule has 0 radical (unpaired) electrons. The normalized spacial score (nSPS) is 24.1. The summed E-state index contributed by atoms with van der Waals surface area (Å²) in [7, 11) is 0. The Bertz CT molecular complexity index is 3160. The predicted octanol–water partition coefficient (Wildman–Crippen LogP) is 7.23. The number of aliphatic imine (C=N–C) groups is 2. The van der Waals surface area contributed by atoms with Gasteiger partial charge in [0.1, 0.15) is 23.2 Å². The SMILES string of the molecule is O=C1C(=Nc2cc3c(s2)c2c(n3C(=O)OCc3ccccc3)=CC3C=c4c(n(C(=O)OCc5ccccc5)c5cc(N=C6C(=O)C7CCCCC7C6=O)sc45)=CC3C=2)C(=O)C2CCCCC12. The molecule has 4 fully saturated rings. The number of hydrogen-bond donors (Lipinski definition) is 0. The van der Waals surface area contributed by atoms with Crippen LogP contribution in [-0.4, -0.2) is 55.9 Å². The number of nitrogens with zero attached hydrogens (tertiary/aromatic N) is 4. The maximum atomic E-state index is 14.3. The third kappa shape index (κ3) is 6.66. The van der Waals surface area contributed by atoms with Crippen LogP contribution in [-0.2, 0) is 41.9 Å². The van der Waals surface area contributed by atoms with E-state index >= 15 is 0 Å². The lowest BCUT2D eigenvalue weighted by Crippen LogP contribution is -2.42. The van der Waals surface area contributed by atoms with Crippen LogP contribution >= 0.6 is 22.7 Å². The summed E-state index contributed by atoms with van der Waals surface area (Å²) in [5.74, 6) is -2.54. The average Bonchev–Trinajstić information content (AvgIpc) is 4.17. The van der Waals surface area contributed by atoms with Gasteiger partial charge in [-0.3, -0.25) is 19.2 Å². The molecule has 12 rings (SSSR count). The average molecular weight is 915 g/mol. The first kappa shape index (κ1) is 40.8. The molecule has 12 nitrogen and oxygen atoms in total. The number of carbonyl (C=O) groups is 6. The summed E-state index contributed by atoms with van der Waals surface area (Å²) in [6.45, 7) is 0.0982. The molecule has 14 heteroatoms. The van der Waals surface area contributed by atoms with Crippen molar-refractivity contribution in [2.75, 3.05) is 0 Å². The molecule has 0 amide bonds. The second kappa shape index (κ2) is 16.1. The van der Waals surface area contributed by atoms with Gasteiger partial charge in [-0.2, -0.15) is 0 Å². The summed E-state index contributed by atoms with van der Waals surface area (Å²) in [5, 5.41) is 3.74. The van der Waals surface area contributed by atoms with Crippen molar-refractivity contribution in [3.05, 3.63) is 105 Å². The maximum absolute atomic E-state index is 14.3. The Balaban J connectivity index is 0.984. The first-order valence-corrected chi connectivity index (χ1v) is 24.4. The monoisotopic (exact) mass is 914 g/mol. The maximum Gasteiger partial charge on any atom is 0.419 e. The summed E-state index contributed by atoms with van der Waals surface area (Å²) in [6, 6.07) is 22.4. The number of carbonyl (C=O) groups excluding carboxylic acids is 6. The largest absolute Gasteiger partial charge is 0.444 e. The molecule has 0 bridgehead atoms. The number of rotatable bonds is 6. The molecule has 0 aliphatic heterocycles. The number of Topliss-reactive ketones (excluding diaryl/α,β-unsaturated/α-hetero) is 4. The van der Waals surface area contributed by atoms with E-state index in [4.69, 9.17) is 19.5 Å². The highest BCUT2D eigenvalue weighted by atomic mass is 32.1. The van der Waals surface area contributed by atoms with E-state index in [2.05, 4.69) is 12.2 Å². The molecule has 6 unspecified atom stereocenters. The van der Waals surface area contributed by atoms with Crippen molar-refractivity contribution in [2.24, 2.45) is 45.5 Å². The quantitative estimate of drug-likeness (QED) is 0.170. The minimum Gasteiger partial charge on any atom is -0.444 e. The van der Waals surface area contributed by atoms with Crippen LogP contribution < -0.4 is 21.1 Å². The second-order valence-electron chi connectivity index (χ2n) is 18.1. The zero-order chi connectivity index (χ0) is 44.8. The molecule has 0 saturated heterocycles. The molecule has 6 atom stereocenters. The highest BCUT2D eigenvalue weighted by Crippen LogP contribution is 2.41. The molecule has 0 spiro atoms. The van der Waals surface area contributed by atoms with Gasteiger partial charge in [0.05, 0.1) is 31.1 Å². The van der Waals surface area contributed by atoms with Crippen LogP contribution in [0.3, 0.4) is 0 Å². The van der Waals surface area contributed by atoms with Gasteiger partial charge in [0.2, 0.25) is 0 Å². The summed E-state index contributed by atoms with van der Waals surface area (Å²) in [6.07, 6.45) is 13.5. The zero-order valence-electron chi connectivity index (χ0n) is 35.6. The Morgan fingerprint density at radius 1 is 0.530 bits per heavy atom. The smallest absolute Gasteiger partial charge is 0.419 e. The number of fused-ring (bicyclic) bond motifs is 9. The summed E-state index contributed by atoms with van der Waals surface area (Å²) in [5.41, 5.74) is 2.75. The Hall–Kier alpha value is -6.64. The Morgan fingerprint density at radius 2 is 0.894 bits per heavy atom. The van der Waals surface area contributed by atoms with E-state index in [1.165, 1.54) is 22.7 Å². The van der Waals surface area contributed by atoms with Crippen LogP contribution in [0.25, 0.3) is 44.7 Å². The predicted molar refractivity (Wildman–Crippen MR) is 252 cm³/mol. The van der Waals surface area contributed by atoms with Crippen molar-refractivity contribution >= 4 is 124 Å². The highest BCUT2D eigenvalue weighted by molar-refractivity contribution is 7.23. The Labute approximate surface area is 384 Å². The fourth-order valence-electron chi connectivity index (χ4n) is 11.1. The number of ether oxygens (including phenoxy) is 2. The summed E-state index contributed by atoms with van der Waals surface area (Å²) < 4.78 is 16.5. The van der Waals surface area contributed by atoms with Gasteiger partial charge in [0.25, 0.3) is 0 Å². The summed E-state index contributed by atoms with van der Waals surface area (Å²) >= 11 is 2.64. The lowest BCUT2D eigenvalue weighted by molar-refractivity contribution is -0.120. The Morgan fingerprint density at radius 3 is 1.26 bits per heavy atom. The van der Waals surface area contributed by atoms with Gasteiger partial charge < -0.3 is 9.47 Å². The van der Waals surface area contributed by atoms with E-state index in [-0.39, 0.29) is 83.3 Å². The van der Waals surface area contributed by atoms with Gasteiger partial charge in [0.15, 0.2) is 34.6 Å². The molecule has 6 aromatic rings. The van der Waals surface area contributed by atoms with Crippen molar-refractivity contribution in [3.63, 3.8) is 0 Å². The fraction of sp³-hybridized carbons (Fsp3) is 0.308. The summed E-state index contributed by atoms with van der Waals surface area (Å²) in [4.78, 5) is 91.9. The first-order valence-electron chi connectivity index (χ1n) is 22.7. The minimum atomic E-state index is -0.586. The molecular formula is C52H42N4O8S2. The number of ketones is 4. The molecule has 4 aromatic heterocycles. The molecule has 6 aliphatic carbocycles.